The van der Waals surface area contributed by atoms with Crippen LogP contribution in [0.4, 0.5) is 0 Å². The zero-order valence-corrected chi connectivity index (χ0v) is 36.6. The van der Waals surface area contributed by atoms with Gasteiger partial charge in [0.05, 0.1) is 42.8 Å². The molecule has 7 rings (SSSR count). The summed E-state index contributed by atoms with van der Waals surface area (Å²) in [4.78, 5) is 83.8. The van der Waals surface area contributed by atoms with Crippen molar-refractivity contribution >= 4 is 35.6 Å². The summed E-state index contributed by atoms with van der Waals surface area (Å²) in [5.41, 5.74) is -7.17. The number of carbonyl (C=O) groups excluding carboxylic acids is 6. The number of fused-ring (bicyclic) bond motifs is 5. The minimum absolute atomic E-state index is 0.0117. The third-order valence-electron chi connectivity index (χ3n) is 13.8. The smallest absolute Gasteiger partial charge is 0.338 e. The third kappa shape index (κ3) is 7.65. The second kappa shape index (κ2) is 17.2. The maximum atomic E-state index is 15.5. The van der Waals surface area contributed by atoms with Crippen LogP contribution in [0.15, 0.2) is 96.1 Å². The number of methoxy groups -OCH3 is 1. The highest BCUT2D eigenvalue weighted by molar-refractivity contribution is 5.96. The zero-order chi connectivity index (χ0) is 46.5. The average Bonchev–Trinajstić information content (AvgIpc) is 3.26. The first-order valence-electron chi connectivity index (χ1n) is 21.0. The lowest BCUT2D eigenvalue weighted by Crippen LogP contribution is -2.82. The Kier molecular flexibility index (Phi) is 12.4. The number of amides is 1. The van der Waals surface area contributed by atoms with Crippen molar-refractivity contribution in [3.8, 4) is 5.75 Å². The number of ketones is 1. The molecule has 0 unspecified atom stereocenters. The Hall–Kier alpha value is -5.94. The summed E-state index contributed by atoms with van der Waals surface area (Å²) >= 11 is 0. The molecule has 16 heteroatoms. The number of benzene rings is 3. The Balaban J connectivity index is 1.37. The number of aliphatic hydroxyl groups excluding tert-OH is 2. The van der Waals surface area contributed by atoms with Gasteiger partial charge in [-0.2, -0.15) is 0 Å². The molecular formula is C48H53NO15. The topological polar surface area (TPSA) is 231 Å². The molecule has 0 radical (unpaired) electrons. The van der Waals surface area contributed by atoms with E-state index in [9.17, 15) is 39.3 Å². The van der Waals surface area contributed by atoms with Gasteiger partial charge in [0, 0.05) is 37.7 Å². The molecular weight excluding hydrogens is 831 g/mol. The van der Waals surface area contributed by atoms with Gasteiger partial charge < -0.3 is 49.1 Å². The number of hydrogen-bond donors (Lipinski definition) is 4. The lowest BCUT2D eigenvalue weighted by Gasteiger charge is -2.67. The normalized spacial score (nSPS) is 31.2. The molecule has 3 fully saturated rings. The van der Waals surface area contributed by atoms with Crippen LogP contribution in [-0.2, 0) is 42.9 Å². The van der Waals surface area contributed by atoms with Crippen LogP contribution in [0.1, 0.15) is 86.7 Å². The number of Topliss-reactive ketones (excluding diaryl/α,β-unsaturated/α-hetero) is 1. The van der Waals surface area contributed by atoms with Crippen molar-refractivity contribution in [3.05, 3.63) is 113 Å². The number of hydrogen-bond acceptors (Lipinski definition) is 15. The number of carbonyl (C=O) groups is 6. The fourth-order valence-corrected chi connectivity index (χ4v) is 10.3. The van der Waals surface area contributed by atoms with Crippen molar-refractivity contribution in [2.24, 2.45) is 16.7 Å². The molecule has 3 aromatic carbocycles. The van der Waals surface area contributed by atoms with Crippen LogP contribution in [0, 0.1) is 16.7 Å². The molecule has 1 aliphatic heterocycles. The molecule has 11 atom stereocenters. The van der Waals surface area contributed by atoms with E-state index >= 15 is 4.79 Å². The van der Waals surface area contributed by atoms with Crippen molar-refractivity contribution in [3.63, 3.8) is 0 Å². The van der Waals surface area contributed by atoms with Gasteiger partial charge in [-0.25, -0.2) is 9.59 Å². The van der Waals surface area contributed by atoms with Crippen LogP contribution < -0.4 is 10.1 Å². The highest BCUT2D eigenvalue weighted by Gasteiger charge is 2.78. The Bertz CT molecular complexity index is 2350. The lowest BCUT2D eigenvalue weighted by atomic mass is 9.44. The predicted octanol–water partition coefficient (Wildman–Crippen LogP) is 3.74. The highest BCUT2D eigenvalue weighted by atomic mass is 16.6. The molecule has 1 amide bonds. The van der Waals surface area contributed by atoms with Gasteiger partial charge in [0.1, 0.15) is 29.7 Å². The summed E-state index contributed by atoms with van der Waals surface area (Å²) in [6, 6.07) is 20.8. The first kappa shape index (κ1) is 46.1. The standard InChI is InChI=1S/C48H53NO15/c1-25-32(62-44(57)37(53)36(28-14-10-8-11-15-28)49-42(55)29-18-20-31(59-7)21-19-29)23-48(58)41(63-43(56)30-16-12-9-13-17-30)39-46(6,33(52)22-34-47(39,24-60-34)64-27(3)51)40(54)38(61-26(2)50)35(25)45(48,4)5/h8-21,32-34,36-39,41,52-53,58H,22-24H2,1-7H3,(H,49,55)/t32-,33-,34+,36-,37+,38+,39-,41-,46+,47-,48+/m0/s1. The van der Waals surface area contributed by atoms with Crippen LogP contribution in [0.25, 0.3) is 0 Å². The van der Waals surface area contributed by atoms with Crippen LogP contribution in [0.5, 0.6) is 5.75 Å². The van der Waals surface area contributed by atoms with E-state index in [1.165, 1.54) is 45.2 Å². The summed E-state index contributed by atoms with van der Waals surface area (Å²) in [6.45, 7) is 7.94. The molecule has 16 nitrogen and oxygen atoms in total. The molecule has 4 aliphatic rings. The first-order valence-corrected chi connectivity index (χ1v) is 21.0. The van der Waals surface area contributed by atoms with E-state index in [0.29, 0.717) is 11.3 Å². The van der Waals surface area contributed by atoms with Crippen molar-refractivity contribution in [1.82, 2.24) is 5.32 Å². The van der Waals surface area contributed by atoms with Crippen molar-refractivity contribution in [2.45, 2.75) is 108 Å². The summed E-state index contributed by atoms with van der Waals surface area (Å²) < 4.78 is 35.5. The summed E-state index contributed by atoms with van der Waals surface area (Å²) in [5.74, 6) is -6.44. The molecule has 3 aromatic rings. The summed E-state index contributed by atoms with van der Waals surface area (Å²) in [7, 11) is 1.48. The van der Waals surface area contributed by atoms with Crippen molar-refractivity contribution < 1.29 is 72.5 Å². The van der Waals surface area contributed by atoms with Crippen LogP contribution in [0.3, 0.4) is 0 Å². The maximum absolute atomic E-state index is 15.5. The van der Waals surface area contributed by atoms with Gasteiger partial charge in [-0.15, -0.1) is 0 Å². The minimum Gasteiger partial charge on any atom is -0.497 e. The van der Waals surface area contributed by atoms with E-state index in [1.54, 1.807) is 74.5 Å². The Morgan fingerprint density at radius 2 is 1.47 bits per heavy atom. The average molecular weight is 884 g/mol. The fraction of sp³-hybridized carbons (Fsp3) is 0.458. The molecule has 2 saturated carbocycles. The third-order valence-corrected chi connectivity index (χ3v) is 13.8. The second-order valence-corrected chi connectivity index (χ2v) is 17.7. The van der Waals surface area contributed by atoms with E-state index in [0.717, 1.165) is 13.8 Å². The van der Waals surface area contributed by atoms with Crippen molar-refractivity contribution in [2.75, 3.05) is 13.7 Å². The van der Waals surface area contributed by atoms with E-state index in [1.807, 2.05) is 0 Å². The SMILES string of the molecule is COc1ccc(C(=O)N[C@@H](c2ccccc2)[C@@H](O)C(=O)O[C@H]2C[C@@]3(O)[C@@H](OC(=O)c4ccccc4)[C@@H]4[C@]5(OC(C)=O)CO[C@@H]5C[C@H](O)[C@@]4(C)C(=O)[C@H](OC(C)=O)C(=C2C)C3(C)C)cc1. The van der Waals surface area contributed by atoms with Crippen LogP contribution >= 0.6 is 0 Å². The van der Waals surface area contributed by atoms with E-state index in [4.69, 9.17) is 28.4 Å². The molecule has 0 aromatic heterocycles. The number of ether oxygens (including phenoxy) is 6. The highest BCUT2D eigenvalue weighted by Crippen LogP contribution is 2.64. The Morgan fingerprint density at radius 3 is 2.03 bits per heavy atom. The monoisotopic (exact) mass is 883 g/mol. The van der Waals surface area contributed by atoms with Crippen LogP contribution in [0.2, 0.25) is 0 Å². The lowest BCUT2D eigenvalue weighted by molar-refractivity contribution is -0.346. The van der Waals surface area contributed by atoms with Gasteiger partial charge >= 0.3 is 23.9 Å². The Morgan fingerprint density at radius 1 is 0.844 bits per heavy atom. The first-order chi connectivity index (χ1) is 30.2. The van der Waals surface area contributed by atoms with E-state index < -0.39 is 113 Å². The molecule has 3 aliphatic carbocycles. The number of nitrogens with one attached hydrogen (secondary N) is 1. The molecule has 4 N–H and O–H groups in total. The van der Waals surface area contributed by atoms with Gasteiger partial charge in [-0.3, -0.25) is 19.2 Å². The molecule has 340 valence electrons. The van der Waals surface area contributed by atoms with Crippen molar-refractivity contribution in [1.29, 1.82) is 0 Å². The number of aliphatic hydroxyl groups is 3. The fourth-order valence-electron chi connectivity index (χ4n) is 10.3. The molecule has 2 bridgehead atoms. The number of rotatable bonds is 11. The van der Waals surface area contributed by atoms with E-state index in [2.05, 4.69) is 5.32 Å². The quantitative estimate of drug-likeness (QED) is 0.122. The zero-order valence-electron chi connectivity index (χ0n) is 36.6. The Labute approximate surface area is 369 Å². The largest absolute Gasteiger partial charge is 0.497 e. The minimum atomic E-state index is -2.40. The van der Waals surface area contributed by atoms with Gasteiger partial charge in [0.15, 0.2) is 23.6 Å². The molecule has 1 heterocycles. The van der Waals surface area contributed by atoms with Crippen LogP contribution in [-0.4, -0.2) is 112 Å². The van der Waals surface area contributed by atoms with E-state index in [-0.39, 0.29) is 35.3 Å². The predicted molar refractivity (Wildman–Crippen MR) is 224 cm³/mol. The second-order valence-electron chi connectivity index (χ2n) is 17.7. The maximum Gasteiger partial charge on any atom is 0.338 e. The molecule has 1 saturated heterocycles. The van der Waals surface area contributed by atoms with Gasteiger partial charge in [-0.1, -0.05) is 62.4 Å². The molecule has 0 spiro atoms. The summed E-state index contributed by atoms with van der Waals surface area (Å²) in [5, 5.41) is 40.3. The number of esters is 4. The molecule has 64 heavy (non-hydrogen) atoms. The van der Waals surface area contributed by atoms with Gasteiger partial charge in [-0.05, 0) is 67.0 Å². The van der Waals surface area contributed by atoms with Gasteiger partial charge in [0.25, 0.3) is 5.91 Å². The van der Waals surface area contributed by atoms with Gasteiger partial charge in [0.2, 0.25) is 0 Å². The summed E-state index contributed by atoms with van der Waals surface area (Å²) in [6.07, 6.45) is -10.6.